The normalized spacial score (nSPS) is 13.9. The number of rotatable bonds is 5. The van der Waals surface area contributed by atoms with Crippen molar-refractivity contribution in [1.29, 1.82) is 5.26 Å². The van der Waals surface area contributed by atoms with E-state index in [0.29, 0.717) is 30.8 Å². The van der Waals surface area contributed by atoms with Gasteiger partial charge in [-0.15, -0.1) is 0 Å². The van der Waals surface area contributed by atoms with Gasteiger partial charge >= 0.3 is 0 Å². The van der Waals surface area contributed by atoms with E-state index in [-0.39, 0.29) is 11.9 Å². The molecule has 2 heterocycles. The van der Waals surface area contributed by atoms with Crippen LogP contribution in [0.4, 0.5) is 0 Å². The highest BCUT2D eigenvalue weighted by atomic mass is 79.9. The molecule has 1 aliphatic rings. The summed E-state index contributed by atoms with van der Waals surface area (Å²) in [6.07, 6.45) is 3.65. The number of likely N-dealkylation sites (tertiary alicyclic amines) is 1. The number of piperidine rings is 1. The number of benzene rings is 4. The molecule has 6 rings (SSSR count). The van der Waals surface area contributed by atoms with Gasteiger partial charge in [-0.3, -0.25) is 4.79 Å². The second-order valence-electron chi connectivity index (χ2n) is 10.9. The summed E-state index contributed by atoms with van der Waals surface area (Å²) < 4.78 is 3.23. The summed E-state index contributed by atoms with van der Waals surface area (Å²) in [4.78, 5) is 15.9. The zero-order chi connectivity index (χ0) is 28.5. The molecule has 0 bridgehead atoms. The molecule has 1 aromatic heterocycles. The van der Waals surface area contributed by atoms with Crippen molar-refractivity contribution in [2.45, 2.75) is 32.4 Å². The van der Waals surface area contributed by atoms with Gasteiger partial charge in [-0.25, -0.2) is 0 Å². The lowest BCUT2D eigenvalue weighted by molar-refractivity contribution is 0.0716. The SMILES string of the molecule is Cc1ccc(-c2cc3c(cc2-c2ccc(C#N)cc2)c(C(=O)N2CCC(N)CC2)cn3Cc2ccc(Br)cc2)cc1. The first kappa shape index (κ1) is 27.0. The molecule has 1 saturated heterocycles. The number of hydrogen-bond acceptors (Lipinski definition) is 3. The Morgan fingerprint density at radius 1 is 0.927 bits per heavy atom. The van der Waals surface area contributed by atoms with Gasteiger partial charge in [-0.1, -0.05) is 70.0 Å². The highest BCUT2D eigenvalue weighted by molar-refractivity contribution is 9.10. The van der Waals surface area contributed by atoms with Crippen LogP contribution in [0.25, 0.3) is 33.2 Å². The number of carbonyl (C=O) groups excluding carboxylic acids is 1. The average Bonchev–Trinajstić information content (AvgIpc) is 3.35. The van der Waals surface area contributed by atoms with Crippen molar-refractivity contribution < 1.29 is 4.79 Å². The molecule has 4 aromatic carbocycles. The standard InChI is InChI=1S/C35H31BrN4O/c1-23-2-8-26(9-3-23)31-19-34-32(18-30(31)27-10-4-24(20-37)5-11-27)33(35(41)39-16-14-29(38)15-17-39)22-40(34)21-25-6-12-28(36)13-7-25/h2-13,18-19,22,29H,14-17,21,38H2,1H3. The van der Waals surface area contributed by atoms with Gasteiger partial charge in [0, 0.05) is 47.2 Å². The molecular weight excluding hydrogens is 572 g/mol. The van der Waals surface area contributed by atoms with Crippen molar-refractivity contribution in [2.24, 2.45) is 5.73 Å². The highest BCUT2D eigenvalue weighted by Gasteiger charge is 2.26. The van der Waals surface area contributed by atoms with E-state index in [9.17, 15) is 10.1 Å². The molecule has 1 aliphatic heterocycles. The maximum absolute atomic E-state index is 14.0. The van der Waals surface area contributed by atoms with Crippen LogP contribution < -0.4 is 5.73 Å². The molecule has 5 nitrogen and oxygen atoms in total. The van der Waals surface area contributed by atoms with Gasteiger partial charge in [0.05, 0.1) is 17.2 Å². The second-order valence-corrected chi connectivity index (χ2v) is 11.8. The molecule has 5 aromatic rings. The fourth-order valence-corrected chi connectivity index (χ4v) is 5.90. The Labute approximate surface area is 249 Å². The largest absolute Gasteiger partial charge is 0.342 e. The molecule has 0 unspecified atom stereocenters. The van der Waals surface area contributed by atoms with Crippen LogP contribution in [0.3, 0.4) is 0 Å². The van der Waals surface area contributed by atoms with Crippen LogP contribution >= 0.6 is 15.9 Å². The lowest BCUT2D eigenvalue weighted by Crippen LogP contribution is -2.42. The van der Waals surface area contributed by atoms with Gasteiger partial charge in [0.25, 0.3) is 5.91 Å². The summed E-state index contributed by atoms with van der Waals surface area (Å²) in [5, 5.41) is 10.3. The van der Waals surface area contributed by atoms with Crippen LogP contribution in [-0.4, -0.2) is 34.5 Å². The van der Waals surface area contributed by atoms with E-state index in [2.05, 4.69) is 82.0 Å². The van der Waals surface area contributed by atoms with Gasteiger partial charge in [-0.05, 0) is 84.0 Å². The van der Waals surface area contributed by atoms with Crippen LogP contribution in [0.2, 0.25) is 0 Å². The molecule has 2 N–H and O–H groups in total. The minimum absolute atomic E-state index is 0.0466. The second kappa shape index (κ2) is 11.4. The van der Waals surface area contributed by atoms with Gasteiger partial charge in [0.15, 0.2) is 0 Å². The highest BCUT2D eigenvalue weighted by Crippen LogP contribution is 2.38. The minimum Gasteiger partial charge on any atom is -0.342 e. The third kappa shape index (κ3) is 5.56. The van der Waals surface area contributed by atoms with E-state index in [1.165, 1.54) is 5.56 Å². The van der Waals surface area contributed by atoms with Gasteiger partial charge in [-0.2, -0.15) is 5.26 Å². The lowest BCUT2D eigenvalue weighted by atomic mass is 9.91. The zero-order valence-electron chi connectivity index (χ0n) is 23.0. The smallest absolute Gasteiger partial charge is 0.256 e. The Hall–Kier alpha value is -4.18. The summed E-state index contributed by atoms with van der Waals surface area (Å²) in [7, 11) is 0. The van der Waals surface area contributed by atoms with E-state index in [1.807, 2.05) is 47.5 Å². The van der Waals surface area contributed by atoms with E-state index < -0.39 is 0 Å². The number of halogens is 1. The maximum Gasteiger partial charge on any atom is 0.256 e. The number of nitriles is 1. The van der Waals surface area contributed by atoms with Crippen LogP contribution in [-0.2, 0) is 6.54 Å². The molecular formula is C35H31BrN4O. The lowest BCUT2D eigenvalue weighted by Gasteiger charge is -2.30. The summed E-state index contributed by atoms with van der Waals surface area (Å²) in [6, 6.07) is 31.3. The number of carbonyl (C=O) groups is 1. The number of amides is 1. The molecule has 0 spiro atoms. The van der Waals surface area contributed by atoms with Crippen molar-refractivity contribution in [2.75, 3.05) is 13.1 Å². The molecule has 41 heavy (non-hydrogen) atoms. The van der Waals surface area contributed by atoms with Crippen molar-refractivity contribution in [3.05, 3.63) is 118 Å². The quantitative estimate of drug-likeness (QED) is 0.226. The number of aryl methyl sites for hydroxylation is 1. The van der Waals surface area contributed by atoms with Gasteiger partial charge in [0.2, 0.25) is 0 Å². The van der Waals surface area contributed by atoms with Crippen LogP contribution in [0, 0.1) is 18.3 Å². The summed E-state index contributed by atoms with van der Waals surface area (Å²) >= 11 is 3.54. The summed E-state index contributed by atoms with van der Waals surface area (Å²) in [5.41, 5.74) is 15.1. The fraction of sp³-hybridized carbons (Fsp3) is 0.200. The number of nitrogens with two attached hydrogens (primary N) is 1. The molecule has 0 atom stereocenters. The predicted molar refractivity (Wildman–Crippen MR) is 169 cm³/mol. The van der Waals surface area contributed by atoms with Gasteiger partial charge < -0.3 is 15.2 Å². The monoisotopic (exact) mass is 602 g/mol. The first-order valence-electron chi connectivity index (χ1n) is 13.9. The summed E-state index contributed by atoms with van der Waals surface area (Å²) in [5.74, 6) is 0.0466. The van der Waals surface area contributed by atoms with E-state index in [4.69, 9.17) is 5.73 Å². The molecule has 6 heteroatoms. The molecule has 1 amide bonds. The maximum atomic E-state index is 14.0. The average molecular weight is 604 g/mol. The van der Waals surface area contributed by atoms with Crippen molar-refractivity contribution in [3.8, 4) is 28.3 Å². The van der Waals surface area contributed by atoms with E-state index in [1.54, 1.807) is 0 Å². The fourth-order valence-electron chi connectivity index (χ4n) is 5.63. The molecule has 0 saturated carbocycles. The van der Waals surface area contributed by atoms with Crippen LogP contribution in [0.15, 0.2) is 95.6 Å². The first-order chi connectivity index (χ1) is 19.9. The third-order valence-electron chi connectivity index (χ3n) is 8.03. The Bertz CT molecular complexity index is 1760. The minimum atomic E-state index is 0.0466. The third-order valence-corrected chi connectivity index (χ3v) is 8.56. The predicted octanol–water partition coefficient (Wildman–Crippen LogP) is 7.53. The first-order valence-corrected chi connectivity index (χ1v) is 14.7. The van der Waals surface area contributed by atoms with Crippen molar-refractivity contribution >= 4 is 32.7 Å². The molecule has 1 fully saturated rings. The summed E-state index contributed by atoms with van der Waals surface area (Å²) in [6.45, 7) is 4.07. The Morgan fingerprint density at radius 2 is 1.54 bits per heavy atom. The number of aromatic nitrogens is 1. The van der Waals surface area contributed by atoms with Crippen molar-refractivity contribution in [1.82, 2.24) is 9.47 Å². The number of hydrogen-bond donors (Lipinski definition) is 1. The van der Waals surface area contributed by atoms with E-state index >= 15 is 0 Å². The van der Waals surface area contributed by atoms with Crippen LogP contribution in [0.5, 0.6) is 0 Å². The van der Waals surface area contributed by atoms with Crippen molar-refractivity contribution in [3.63, 3.8) is 0 Å². The molecule has 0 radical (unpaired) electrons. The number of nitrogens with zero attached hydrogens (tertiary/aromatic N) is 3. The Kier molecular flexibility index (Phi) is 7.49. The molecule has 204 valence electrons. The molecule has 0 aliphatic carbocycles. The Morgan fingerprint density at radius 3 is 2.17 bits per heavy atom. The zero-order valence-corrected chi connectivity index (χ0v) is 24.6. The topological polar surface area (TPSA) is 75.1 Å². The Balaban J connectivity index is 1.56. The van der Waals surface area contributed by atoms with Crippen LogP contribution in [0.1, 0.15) is 39.9 Å². The van der Waals surface area contributed by atoms with Gasteiger partial charge in [0.1, 0.15) is 0 Å². The number of fused-ring (bicyclic) bond motifs is 1. The van der Waals surface area contributed by atoms with E-state index in [0.717, 1.165) is 56.0 Å².